The maximum atomic E-state index is 12.1. The SMILES string of the molecule is CC(C)(C)OC(=O)NCCC(=O)Nc1ccc(CNC(=O)Cc2ccc(Cl)cc2)cc1. The summed E-state index contributed by atoms with van der Waals surface area (Å²) < 4.78 is 5.11. The Hall–Kier alpha value is -3.06. The Bertz CT molecular complexity index is 891. The van der Waals surface area contributed by atoms with E-state index in [1.807, 2.05) is 24.3 Å². The molecule has 0 spiro atoms. The van der Waals surface area contributed by atoms with E-state index in [1.54, 1.807) is 45.0 Å². The number of ether oxygens (including phenoxy) is 1. The van der Waals surface area contributed by atoms with Gasteiger partial charge < -0.3 is 20.7 Å². The first-order valence-corrected chi connectivity index (χ1v) is 10.4. The maximum Gasteiger partial charge on any atom is 0.407 e. The average molecular weight is 446 g/mol. The van der Waals surface area contributed by atoms with Gasteiger partial charge in [-0.05, 0) is 56.2 Å². The van der Waals surface area contributed by atoms with Gasteiger partial charge in [0.1, 0.15) is 5.60 Å². The van der Waals surface area contributed by atoms with Gasteiger partial charge in [-0.15, -0.1) is 0 Å². The Balaban J connectivity index is 1.70. The Labute approximate surface area is 187 Å². The minimum atomic E-state index is -0.580. The topological polar surface area (TPSA) is 96.5 Å². The molecule has 0 aromatic heterocycles. The van der Waals surface area contributed by atoms with Crippen LogP contribution in [0.4, 0.5) is 10.5 Å². The lowest BCUT2D eigenvalue weighted by atomic mass is 10.1. The Kier molecular flexibility index (Phi) is 8.88. The second-order valence-corrected chi connectivity index (χ2v) is 8.44. The number of anilines is 1. The largest absolute Gasteiger partial charge is 0.444 e. The van der Waals surface area contributed by atoms with Gasteiger partial charge in [0.05, 0.1) is 6.42 Å². The third-order valence-corrected chi connectivity index (χ3v) is 4.28. The molecule has 166 valence electrons. The zero-order chi connectivity index (χ0) is 22.9. The molecule has 2 aromatic carbocycles. The minimum Gasteiger partial charge on any atom is -0.444 e. The molecule has 0 unspecified atom stereocenters. The molecule has 0 fully saturated rings. The summed E-state index contributed by atoms with van der Waals surface area (Å²) >= 11 is 5.84. The van der Waals surface area contributed by atoms with Crippen molar-refractivity contribution in [3.63, 3.8) is 0 Å². The average Bonchev–Trinajstić information content (AvgIpc) is 2.68. The van der Waals surface area contributed by atoms with Crippen molar-refractivity contribution in [2.45, 2.75) is 45.8 Å². The van der Waals surface area contributed by atoms with Crippen molar-refractivity contribution in [3.05, 3.63) is 64.7 Å². The van der Waals surface area contributed by atoms with E-state index in [0.717, 1.165) is 11.1 Å². The van der Waals surface area contributed by atoms with Crippen LogP contribution in [0.5, 0.6) is 0 Å². The zero-order valence-electron chi connectivity index (χ0n) is 18.0. The summed E-state index contributed by atoms with van der Waals surface area (Å²) in [5.41, 5.74) is 1.86. The number of nitrogens with one attached hydrogen (secondary N) is 3. The van der Waals surface area contributed by atoms with Crippen LogP contribution in [0.2, 0.25) is 5.02 Å². The highest BCUT2D eigenvalue weighted by Crippen LogP contribution is 2.12. The van der Waals surface area contributed by atoms with E-state index < -0.39 is 11.7 Å². The standard InChI is InChI=1S/C23H28ClN3O4/c1-23(2,3)31-22(30)25-13-12-20(28)27-19-10-6-17(7-11-19)15-26-21(29)14-16-4-8-18(24)9-5-16/h4-11H,12-15H2,1-3H3,(H,25,30)(H,26,29)(H,27,28). The highest BCUT2D eigenvalue weighted by Gasteiger charge is 2.15. The number of alkyl carbamates (subject to hydrolysis) is 1. The molecule has 0 heterocycles. The van der Waals surface area contributed by atoms with Gasteiger partial charge in [-0.2, -0.15) is 0 Å². The van der Waals surface area contributed by atoms with Gasteiger partial charge in [0.25, 0.3) is 0 Å². The predicted octanol–water partition coefficient (Wildman–Crippen LogP) is 4.05. The van der Waals surface area contributed by atoms with Gasteiger partial charge in [0.15, 0.2) is 0 Å². The number of halogens is 1. The quantitative estimate of drug-likeness (QED) is 0.571. The maximum absolute atomic E-state index is 12.1. The molecule has 7 nitrogen and oxygen atoms in total. The predicted molar refractivity (Wildman–Crippen MR) is 121 cm³/mol. The van der Waals surface area contributed by atoms with E-state index >= 15 is 0 Å². The fourth-order valence-electron chi connectivity index (χ4n) is 2.57. The normalized spacial score (nSPS) is 10.8. The van der Waals surface area contributed by atoms with Gasteiger partial charge in [-0.1, -0.05) is 35.9 Å². The van der Waals surface area contributed by atoms with E-state index in [-0.39, 0.29) is 31.2 Å². The van der Waals surface area contributed by atoms with E-state index in [2.05, 4.69) is 16.0 Å². The number of amides is 3. The number of carbonyl (C=O) groups is 3. The summed E-state index contributed by atoms with van der Waals surface area (Å²) in [4.78, 5) is 35.6. The fourth-order valence-corrected chi connectivity index (χ4v) is 2.70. The minimum absolute atomic E-state index is 0.0859. The van der Waals surface area contributed by atoms with Crippen molar-refractivity contribution in [2.75, 3.05) is 11.9 Å². The molecule has 2 aromatic rings. The number of hydrogen-bond acceptors (Lipinski definition) is 4. The first-order chi connectivity index (χ1) is 14.6. The van der Waals surface area contributed by atoms with Gasteiger partial charge in [-0.25, -0.2) is 4.79 Å². The fraction of sp³-hybridized carbons (Fsp3) is 0.348. The van der Waals surface area contributed by atoms with Crippen molar-refractivity contribution in [1.82, 2.24) is 10.6 Å². The van der Waals surface area contributed by atoms with Crippen LogP contribution >= 0.6 is 11.6 Å². The first kappa shape index (κ1) is 24.2. The van der Waals surface area contributed by atoms with Crippen LogP contribution in [0.1, 0.15) is 38.3 Å². The molecule has 8 heteroatoms. The second-order valence-electron chi connectivity index (χ2n) is 8.00. The van der Waals surface area contributed by atoms with Gasteiger partial charge in [-0.3, -0.25) is 9.59 Å². The monoisotopic (exact) mass is 445 g/mol. The number of rotatable bonds is 8. The van der Waals surface area contributed by atoms with Crippen molar-refractivity contribution < 1.29 is 19.1 Å². The molecular weight excluding hydrogens is 418 g/mol. The van der Waals surface area contributed by atoms with E-state index in [9.17, 15) is 14.4 Å². The van der Waals surface area contributed by atoms with Crippen LogP contribution in [-0.4, -0.2) is 30.1 Å². The lowest BCUT2D eigenvalue weighted by Gasteiger charge is -2.19. The van der Waals surface area contributed by atoms with E-state index in [1.165, 1.54) is 0 Å². The zero-order valence-corrected chi connectivity index (χ0v) is 18.7. The van der Waals surface area contributed by atoms with E-state index in [4.69, 9.17) is 16.3 Å². The molecule has 0 saturated carbocycles. The highest BCUT2D eigenvalue weighted by atomic mass is 35.5. The molecule has 0 radical (unpaired) electrons. The third-order valence-electron chi connectivity index (χ3n) is 4.03. The van der Waals surface area contributed by atoms with Gasteiger partial charge in [0, 0.05) is 30.2 Å². The highest BCUT2D eigenvalue weighted by molar-refractivity contribution is 6.30. The van der Waals surface area contributed by atoms with Crippen LogP contribution < -0.4 is 16.0 Å². The summed E-state index contributed by atoms with van der Waals surface area (Å²) in [6.07, 6.45) is -0.146. The van der Waals surface area contributed by atoms with Gasteiger partial charge >= 0.3 is 6.09 Å². The summed E-state index contributed by atoms with van der Waals surface area (Å²) in [7, 11) is 0. The van der Waals surface area contributed by atoms with Crippen molar-refractivity contribution in [3.8, 4) is 0 Å². The van der Waals surface area contributed by atoms with Crippen LogP contribution in [0.25, 0.3) is 0 Å². The van der Waals surface area contributed by atoms with Crippen LogP contribution in [0, 0.1) is 0 Å². The molecule has 2 rings (SSSR count). The Morgan fingerprint density at radius 2 is 1.48 bits per heavy atom. The van der Waals surface area contributed by atoms with Crippen molar-refractivity contribution in [1.29, 1.82) is 0 Å². The van der Waals surface area contributed by atoms with Crippen LogP contribution in [0.15, 0.2) is 48.5 Å². The Morgan fingerprint density at radius 3 is 2.10 bits per heavy atom. The molecule has 0 aliphatic heterocycles. The molecule has 0 bridgehead atoms. The molecule has 0 aliphatic carbocycles. The molecule has 0 aliphatic rings. The smallest absolute Gasteiger partial charge is 0.407 e. The molecule has 3 N–H and O–H groups in total. The summed E-state index contributed by atoms with van der Waals surface area (Å²) in [5.74, 6) is -0.308. The number of carbonyl (C=O) groups excluding carboxylic acids is 3. The lowest BCUT2D eigenvalue weighted by Crippen LogP contribution is -2.34. The lowest BCUT2D eigenvalue weighted by molar-refractivity contribution is -0.120. The number of benzene rings is 2. The van der Waals surface area contributed by atoms with Crippen molar-refractivity contribution >= 4 is 35.2 Å². The second kappa shape index (κ2) is 11.4. The van der Waals surface area contributed by atoms with Crippen LogP contribution in [-0.2, 0) is 27.3 Å². The molecule has 3 amide bonds. The van der Waals surface area contributed by atoms with Gasteiger partial charge in [0.2, 0.25) is 11.8 Å². The third kappa shape index (κ3) is 10.00. The Morgan fingerprint density at radius 1 is 0.871 bits per heavy atom. The molecule has 0 saturated heterocycles. The molecule has 0 atom stereocenters. The number of hydrogen-bond donors (Lipinski definition) is 3. The summed E-state index contributed by atoms with van der Waals surface area (Å²) in [6.45, 7) is 5.88. The van der Waals surface area contributed by atoms with E-state index in [0.29, 0.717) is 17.3 Å². The summed E-state index contributed by atoms with van der Waals surface area (Å²) in [6, 6.07) is 14.3. The first-order valence-electron chi connectivity index (χ1n) is 9.97. The van der Waals surface area contributed by atoms with Crippen molar-refractivity contribution in [2.24, 2.45) is 0 Å². The molecular formula is C23H28ClN3O4. The van der Waals surface area contributed by atoms with Crippen LogP contribution in [0.3, 0.4) is 0 Å². The molecule has 31 heavy (non-hydrogen) atoms. The summed E-state index contributed by atoms with van der Waals surface area (Å²) in [5, 5.41) is 8.81.